The van der Waals surface area contributed by atoms with E-state index in [2.05, 4.69) is 17.0 Å². The highest BCUT2D eigenvalue weighted by molar-refractivity contribution is 5.66. The van der Waals surface area contributed by atoms with Crippen molar-refractivity contribution in [3.05, 3.63) is 30.3 Å². The van der Waals surface area contributed by atoms with Gasteiger partial charge < -0.3 is 14.7 Å². The first kappa shape index (κ1) is 13.9. The lowest BCUT2D eigenvalue weighted by atomic mass is 9.87. The van der Waals surface area contributed by atoms with Crippen LogP contribution in [0.1, 0.15) is 25.7 Å². The van der Waals surface area contributed by atoms with Gasteiger partial charge in [0.1, 0.15) is 0 Å². The Bertz CT molecular complexity index is 401. The van der Waals surface area contributed by atoms with Gasteiger partial charge in [0.2, 0.25) is 0 Å². The van der Waals surface area contributed by atoms with Crippen LogP contribution in [0.25, 0.3) is 0 Å². The Labute approximate surface area is 114 Å². The van der Waals surface area contributed by atoms with Crippen molar-refractivity contribution in [2.75, 3.05) is 18.6 Å². The van der Waals surface area contributed by atoms with Gasteiger partial charge in [0.05, 0.1) is 6.10 Å². The quantitative estimate of drug-likeness (QED) is 0.821. The molecule has 0 aromatic heterocycles. The summed E-state index contributed by atoms with van der Waals surface area (Å²) in [4.78, 5) is 12.9. The summed E-state index contributed by atoms with van der Waals surface area (Å²) in [5.41, 5.74) is 1.17. The van der Waals surface area contributed by atoms with E-state index in [1.165, 1.54) is 5.69 Å². The number of ether oxygens (including phenoxy) is 1. The number of hydrogen-bond donors (Lipinski definition) is 1. The van der Waals surface area contributed by atoms with Crippen molar-refractivity contribution in [1.29, 1.82) is 0 Å². The average Bonchev–Trinajstić information content (AvgIpc) is 2.36. The minimum absolute atomic E-state index is 0.226. The summed E-state index contributed by atoms with van der Waals surface area (Å²) in [5, 5.41) is 8.75. The van der Waals surface area contributed by atoms with E-state index < -0.39 is 5.97 Å². The Morgan fingerprint density at radius 3 is 2.63 bits per heavy atom. The molecule has 1 saturated carbocycles. The molecular weight excluding hydrogens is 242 g/mol. The van der Waals surface area contributed by atoms with Crippen molar-refractivity contribution in [2.45, 2.75) is 37.8 Å². The summed E-state index contributed by atoms with van der Waals surface area (Å²) in [7, 11) is 1.75. The summed E-state index contributed by atoms with van der Waals surface area (Å²) in [6.07, 6.45) is 3.31. The number of carboxylic acids is 1. The van der Waals surface area contributed by atoms with Crippen molar-refractivity contribution in [2.24, 2.45) is 0 Å². The third-order valence-electron chi connectivity index (χ3n) is 3.72. The zero-order valence-corrected chi connectivity index (χ0v) is 11.3. The highest BCUT2D eigenvalue weighted by atomic mass is 16.5. The normalized spacial score (nSPS) is 21.7. The molecular formula is C15H21NO3. The number of nitrogens with zero attached hydrogens (tertiary/aromatic N) is 1. The number of carbonyl (C=O) groups is 1. The van der Waals surface area contributed by atoms with Crippen molar-refractivity contribution < 1.29 is 14.6 Å². The van der Waals surface area contributed by atoms with Crippen molar-refractivity contribution in [3.8, 4) is 0 Å². The lowest BCUT2D eigenvalue weighted by Gasteiger charge is -2.43. The molecule has 4 nitrogen and oxygen atoms in total. The predicted octanol–water partition coefficient (Wildman–Crippen LogP) is 2.54. The van der Waals surface area contributed by atoms with Gasteiger partial charge in [-0.1, -0.05) is 18.2 Å². The summed E-state index contributed by atoms with van der Waals surface area (Å²) >= 11 is 0. The van der Waals surface area contributed by atoms with Crippen LogP contribution < -0.4 is 4.90 Å². The molecule has 1 aromatic rings. The van der Waals surface area contributed by atoms with E-state index in [9.17, 15) is 4.79 Å². The lowest BCUT2D eigenvalue weighted by molar-refractivity contribution is -0.137. The Morgan fingerprint density at radius 1 is 1.37 bits per heavy atom. The Kier molecular flexibility index (Phi) is 4.80. The molecule has 0 bridgehead atoms. The molecule has 19 heavy (non-hydrogen) atoms. The highest BCUT2D eigenvalue weighted by Crippen LogP contribution is 2.31. The topological polar surface area (TPSA) is 49.8 Å². The molecule has 104 valence electrons. The third-order valence-corrected chi connectivity index (χ3v) is 3.72. The molecule has 2 rings (SSSR count). The summed E-state index contributed by atoms with van der Waals surface area (Å²) < 4.78 is 5.32. The standard InChI is InChI=1S/C15H21NO3/c1-19-14-10-13(11-14)16(9-5-8-15(17)18)12-6-3-2-4-7-12/h2-4,6-7,13-14H,5,8-11H2,1H3,(H,17,18). The highest BCUT2D eigenvalue weighted by Gasteiger charge is 2.33. The fourth-order valence-corrected chi connectivity index (χ4v) is 2.53. The first-order valence-electron chi connectivity index (χ1n) is 6.77. The molecule has 0 atom stereocenters. The van der Waals surface area contributed by atoms with Gasteiger partial charge in [0, 0.05) is 31.8 Å². The fraction of sp³-hybridized carbons (Fsp3) is 0.533. The van der Waals surface area contributed by atoms with Crippen molar-refractivity contribution in [1.82, 2.24) is 0 Å². The van der Waals surface area contributed by atoms with Crippen LogP contribution in [0.3, 0.4) is 0 Å². The van der Waals surface area contributed by atoms with Crippen LogP contribution in [0.4, 0.5) is 5.69 Å². The summed E-state index contributed by atoms with van der Waals surface area (Å²) in [6.45, 7) is 0.789. The van der Waals surface area contributed by atoms with Gasteiger partial charge in [0.25, 0.3) is 0 Å². The van der Waals surface area contributed by atoms with Gasteiger partial charge in [-0.3, -0.25) is 4.79 Å². The minimum atomic E-state index is -0.726. The second-order valence-electron chi connectivity index (χ2n) is 5.01. The van der Waals surface area contributed by atoms with Crippen molar-refractivity contribution >= 4 is 11.7 Å². The van der Waals surface area contributed by atoms with Gasteiger partial charge in [0.15, 0.2) is 0 Å². The second kappa shape index (κ2) is 6.57. The second-order valence-corrected chi connectivity index (χ2v) is 5.01. The van der Waals surface area contributed by atoms with Crippen LogP contribution in [-0.4, -0.2) is 36.9 Å². The largest absolute Gasteiger partial charge is 0.481 e. The van der Waals surface area contributed by atoms with Gasteiger partial charge in [-0.2, -0.15) is 0 Å². The number of benzene rings is 1. The third kappa shape index (κ3) is 3.70. The van der Waals surface area contributed by atoms with Crippen LogP contribution >= 0.6 is 0 Å². The SMILES string of the molecule is COC1CC(N(CCCC(=O)O)c2ccccc2)C1. The van der Waals surface area contributed by atoms with E-state index in [4.69, 9.17) is 9.84 Å². The van der Waals surface area contributed by atoms with Crippen LogP contribution in [-0.2, 0) is 9.53 Å². The first-order chi connectivity index (χ1) is 9.20. The van der Waals surface area contributed by atoms with Crippen molar-refractivity contribution in [3.63, 3.8) is 0 Å². The van der Waals surface area contributed by atoms with Gasteiger partial charge >= 0.3 is 5.97 Å². The zero-order valence-electron chi connectivity index (χ0n) is 11.3. The summed E-state index contributed by atoms with van der Waals surface area (Å²) in [5.74, 6) is -0.726. The van der Waals surface area contributed by atoms with Gasteiger partial charge in [-0.05, 0) is 31.4 Å². The smallest absolute Gasteiger partial charge is 0.303 e. The molecule has 0 heterocycles. The molecule has 1 aliphatic rings. The number of carboxylic acid groups (broad SMARTS) is 1. The monoisotopic (exact) mass is 263 g/mol. The number of methoxy groups -OCH3 is 1. The molecule has 0 amide bonds. The molecule has 1 N–H and O–H groups in total. The molecule has 0 aliphatic heterocycles. The first-order valence-corrected chi connectivity index (χ1v) is 6.77. The van der Waals surface area contributed by atoms with E-state index in [1.807, 2.05) is 18.2 Å². The van der Waals surface area contributed by atoms with Crippen LogP contribution in [0.5, 0.6) is 0 Å². The molecule has 0 radical (unpaired) electrons. The van der Waals surface area contributed by atoms with E-state index in [0.717, 1.165) is 19.4 Å². The van der Waals surface area contributed by atoms with Crippen LogP contribution in [0.15, 0.2) is 30.3 Å². The Hall–Kier alpha value is -1.55. The zero-order chi connectivity index (χ0) is 13.7. The maximum absolute atomic E-state index is 10.6. The van der Waals surface area contributed by atoms with E-state index >= 15 is 0 Å². The number of rotatable bonds is 7. The van der Waals surface area contributed by atoms with E-state index in [-0.39, 0.29) is 6.42 Å². The van der Waals surface area contributed by atoms with Crippen LogP contribution in [0, 0.1) is 0 Å². The minimum Gasteiger partial charge on any atom is -0.481 e. The van der Waals surface area contributed by atoms with E-state index in [1.54, 1.807) is 7.11 Å². The maximum Gasteiger partial charge on any atom is 0.303 e. The number of anilines is 1. The lowest BCUT2D eigenvalue weighted by Crippen LogP contribution is -2.48. The molecule has 4 heteroatoms. The molecule has 0 saturated heterocycles. The fourth-order valence-electron chi connectivity index (χ4n) is 2.53. The Morgan fingerprint density at radius 2 is 2.05 bits per heavy atom. The number of hydrogen-bond acceptors (Lipinski definition) is 3. The number of para-hydroxylation sites is 1. The maximum atomic E-state index is 10.6. The van der Waals surface area contributed by atoms with Crippen LogP contribution in [0.2, 0.25) is 0 Å². The summed E-state index contributed by atoms with van der Waals surface area (Å²) in [6, 6.07) is 10.7. The molecule has 0 spiro atoms. The average molecular weight is 263 g/mol. The number of aliphatic carboxylic acids is 1. The predicted molar refractivity (Wildman–Crippen MR) is 74.5 cm³/mol. The Balaban J connectivity index is 1.96. The van der Waals surface area contributed by atoms with Gasteiger partial charge in [-0.25, -0.2) is 0 Å². The molecule has 1 aromatic carbocycles. The molecule has 1 fully saturated rings. The molecule has 0 unspecified atom stereocenters. The van der Waals surface area contributed by atoms with E-state index in [0.29, 0.717) is 18.6 Å². The van der Waals surface area contributed by atoms with Gasteiger partial charge in [-0.15, -0.1) is 0 Å². The molecule has 1 aliphatic carbocycles.